The number of aryl methyl sites for hydroxylation is 1. The van der Waals surface area contributed by atoms with Crippen LogP contribution < -0.4 is 10.6 Å². The van der Waals surface area contributed by atoms with Crippen molar-refractivity contribution in [1.82, 2.24) is 15.1 Å². The Morgan fingerprint density at radius 2 is 1.78 bits per heavy atom. The topological polar surface area (TPSA) is 98.8 Å². The van der Waals surface area contributed by atoms with E-state index >= 15 is 0 Å². The normalized spacial score (nSPS) is 17.8. The van der Waals surface area contributed by atoms with Crippen molar-refractivity contribution < 1.29 is 28.0 Å². The van der Waals surface area contributed by atoms with Crippen molar-refractivity contribution in [2.45, 2.75) is 19.4 Å². The van der Waals surface area contributed by atoms with Gasteiger partial charge < -0.3 is 15.5 Å². The Hall–Kier alpha value is -3.82. The largest absolute Gasteiger partial charge is 0.335 e. The van der Waals surface area contributed by atoms with Crippen LogP contribution in [0.1, 0.15) is 18.1 Å². The van der Waals surface area contributed by atoms with E-state index in [-0.39, 0.29) is 12.1 Å². The molecule has 1 aliphatic heterocycles. The number of carbonyl (C=O) groups is 4. The van der Waals surface area contributed by atoms with Crippen LogP contribution in [0.5, 0.6) is 0 Å². The molecule has 32 heavy (non-hydrogen) atoms. The third-order valence-corrected chi connectivity index (χ3v) is 5.18. The molecule has 1 atom stereocenters. The number of imide groups is 1. The molecule has 10 heteroatoms. The standard InChI is InChI=1S/C22H22F2N4O4/c1-13-4-7-15(8-5-13)25-18(29)11-27(3)19(30)12-28-20(31)22(2,26-21(28)32)16-10-14(23)6-9-17(16)24/h4-10H,11-12H2,1-3H3,(H,25,29)(H,26,32). The number of carbonyl (C=O) groups excluding carboxylic acids is 4. The van der Waals surface area contributed by atoms with Crippen LogP contribution in [0.4, 0.5) is 19.3 Å². The first kappa shape index (κ1) is 22.9. The van der Waals surface area contributed by atoms with Gasteiger partial charge in [0.2, 0.25) is 11.8 Å². The fourth-order valence-corrected chi connectivity index (χ4v) is 3.30. The molecule has 2 aromatic carbocycles. The molecule has 1 heterocycles. The van der Waals surface area contributed by atoms with E-state index < -0.39 is 47.5 Å². The quantitative estimate of drug-likeness (QED) is 0.667. The first-order valence-corrected chi connectivity index (χ1v) is 9.71. The van der Waals surface area contributed by atoms with Gasteiger partial charge in [-0.3, -0.25) is 19.3 Å². The lowest BCUT2D eigenvalue weighted by atomic mass is 9.91. The molecular formula is C22H22F2N4O4. The van der Waals surface area contributed by atoms with E-state index in [2.05, 4.69) is 10.6 Å². The maximum absolute atomic E-state index is 14.2. The van der Waals surface area contributed by atoms with Crippen LogP contribution in [-0.2, 0) is 19.9 Å². The lowest BCUT2D eigenvalue weighted by Gasteiger charge is -2.23. The number of urea groups is 1. The predicted molar refractivity (Wildman–Crippen MR) is 111 cm³/mol. The van der Waals surface area contributed by atoms with Gasteiger partial charge in [-0.2, -0.15) is 0 Å². The summed E-state index contributed by atoms with van der Waals surface area (Å²) < 4.78 is 27.8. The molecular weight excluding hydrogens is 422 g/mol. The van der Waals surface area contributed by atoms with Gasteiger partial charge in [0, 0.05) is 18.3 Å². The van der Waals surface area contributed by atoms with Gasteiger partial charge in [0.05, 0.1) is 6.54 Å². The lowest BCUT2D eigenvalue weighted by Crippen LogP contribution is -2.45. The molecule has 1 saturated heterocycles. The van der Waals surface area contributed by atoms with Gasteiger partial charge in [-0.1, -0.05) is 17.7 Å². The van der Waals surface area contributed by atoms with Crippen molar-refractivity contribution in [1.29, 1.82) is 0 Å². The van der Waals surface area contributed by atoms with Crippen molar-refractivity contribution in [2.24, 2.45) is 0 Å². The summed E-state index contributed by atoms with van der Waals surface area (Å²) in [5.74, 6) is -3.71. The maximum atomic E-state index is 14.2. The average molecular weight is 444 g/mol. The molecule has 5 amide bonds. The molecule has 8 nitrogen and oxygen atoms in total. The first-order chi connectivity index (χ1) is 15.0. The van der Waals surface area contributed by atoms with Gasteiger partial charge in [0.15, 0.2) is 0 Å². The molecule has 0 radical (unpaired) electrons. The Morgan fingerprint density at radius 1 is 1.12 bits per heavy atom. The van der Waals surface area contributed by atoms with Gasteiger partial charge >= 0.3 is 6.03 Å². The Morgan fingerprint density at radius 3 is 2.44 bits per heavy atom. The summed E-state index contributed by atoms with van der Waals surface area (Å²) in [6, 6.07) is 8.71. The number of likely N-dealkylation sites (N-methyl/N-ethyl adjacent to an activating group) is 1. The SMILES string of the molecule is Cc1ccc(NC(=O)CN(C)C(=O)CN2C(=O)NC(C)(c3cc(F)ccc3F)C2=O)cc1. The van der Waals surface area contributed by atoms with E-state index in [0.29, 0.717) is 10.6 Å². The number of anilines is 1. The smallest absolute Gasteiger partial charge is 0.325 e. The van der Waals surface area contributed by atoms with Gasteiger partial charge in [-0.05, 0) is 44.2 Å². The zero-order valence-electron chi connectivity index (χ0n) is 17.7. The Labute approximate surface area is 183 Å². The monoisotopic (exact) mass is 444 g/mol. The van der Waals surface area contributed by atoms with Crippen LogP contribution >= 0.6 is 0 Å². The molecule has 0 bridgehead atoms. The third kappa shape index (κ3) is 4.58. The van der Waals surface area contributed by atoms with E-state index in [1.54, 1.807) is 12.1 Å². The van der Waals surface area contributed by atoms with Gasteiger partial charge in [0.25, 0.3) is 5.91 Å². The van der Waals surface area contributed by atoms with Crippen molar-refractivity contribution in [3.05, 3.63) is 65.2 Å². The number of rotatable bonds is 6. The minimum Gasteiger partial charge on any atom is -0.335 e. The fraction of sp³-hybridized carbons (Fsp3) is 0.273. The van der Waals surface area contributed by atoms with Crippen LogP contribution in [0.25, 0.3) is 0 Å². The van der Waals surface area contributed by atoms with Crippen molar-refractivity contribution in [3.8, 4) is 0 Å². The molecule has 2 N–H and O–H groups in total. The molecule has 0 aliphatic carbocycles. The highest BCUT2D eigenvalue weighted by Crippen LogP contribution is 2.31. The molecule has 0 saturated carbocycles. The van der Waals surface area contributed by atoms with Crippen LogP contribution in [-0.4, -0.2) is 53.7 Å². The summed E-state index contributed by atoms with van der Waals surface area (Å²) in [4.78, 5) is 51.6. The molecule has 3 rings (SSSR count). The van der Waals surface area contributed by atoms with Crippen LogP contribution in [0.3, 0.4) is 0 Å². The highest BCUT2D eigenvalue weighted by atomic mass is 19.1. The maximum Gasteiger partial charge on any atom is 0.325 e. The number of nitrogens with zero attached hydrogens (tertiary/aromatic N) is 2. The minimum absolute atomic E-state index is 0.313. The third-order valence-electron chi connectivity index (χ3n) is 5.18. The Balaban J connectivity index is 1.65. The number of benzene rings is 2. The molecule has 168 valence electrons. The fourth-order valence-electron chi connectivity index (χ4n) is 3.30. The van der Waals surface area contributed by atoms with Crippen molar-refractivity contribution in [3.63, 3.8) is 0 Å². The molecule has 1 aliphatic rings. The van der Waals surface area contributed by atoms with Gasteiger partial charge in [0.1, 0.15) is 23.7 Å². The van der Waals surface area contributed by atoms with Crippen LogP contribution in [0.2, 0.25) is 0 Å². The second-order valence-corrected chi connectivity index (χ2v) is 7.73. The first-order valence-electron chi connectivity index (χ1n) is 9.71. The zero-order chi connectivity index (χ0) is 23.6. The van der Waals surface area contributed by atoms with Gasteiger partial charge in [-0.15, -0.1) is 0 Å². The summed E-state index contributed by atoms with van der Waals surface area (Å²) in [6.07, 6.45) is 0. The highest BCUT2D eigenvalue weighted by molar-refractivity contribution is 6.09. The molecule has 1 unspecified atom stereocenters. The second kappa shape index (κ2) is 8.74. The minimum atomic E-state index is -1.87. The Bertz CT molecular complexity index is 1090. The summed E-state index contributed by atoms with van der Waals surface area (Å²) in [5, 5.41) is 4.96. The zero-order valence-corrected chi connectivity index (χ0v) is 17.7. The number of hydrogen-bond acceptors (Lipinski definition) is 4. The summed E-state index contributed by atoms with van der Waals surface area (Å²) in [5.41, 5.74) is -0.640. The number of nitrogens with one attached hydrogen (secondary N) is 2. The molecule has 1 fully saturated rings. The summed E-state index contributed by atoms with van der Waals surface area (Å²) in [6.45, 7) is 2.16. The number of halogens is 2. The average Bonchev–Trinajstić information content (AvgIpc) is 2.95. The summed E-state index contributed by atoms with van der Waals surface area (Å²) in [7, 11) is 1.35. The molecule has 0 spiro atoms. The summed E-state index contributed by atoms with van der Waals surface area (Å²) >= 11 is 0. The number of hydrogen-bond donors (Lipinski definition) is 2. The van der Waals surface area contributed by atoms with E-state index in [0.717, 1.165) is 28.7 Å². The molecule has 0 aromatic heterocycles. The van der Waals surface area contributed by atoms with E-state index in [4.69, 9.17) is 0 Å². The molecule has 2 aromatic rings. The van der Waals surface area contributed by atoms with Crippen molar-refractivity contribution in [2.75, 3.05) is 25.5 Å². The highest BCUT2D eigenvalue weighted by Gasteiger charge is 2.51. The van der Waals surface area contributed by atoms with E-state index in [9.17, 15) is 28.0 Å². The van der Waals surface area contributed by atoms with Gasteiger partial charge in [-0.25, -0.2) is 13.6 Å². The van der Waals surface area contributed by atoms with Crippen LogP contribution in [0.15, 0.2) is 42.5 Å². The van der Waals surface area contributed by atoms with E-state index in [1.165, 1.54) is 14.0 Å². The van der Waals surface area contributed by atoms with Crippen molar-refractivity contribution >= 4 is 29.4 Å². The predicted octanol–water partition coefficient (Wildman–Crippen LogP) is 2.14. The second-order valence-electron chi connectivity index (χ2n) is 7.73. The van der Waals surface area contributed by atoms with E-state index in [1.807, 2.05) is 19.1 Å². The van der Waals surface area contributed by atoms with Crippen LogP contribution in [0, 0.1) is 18.6 Å². The number of amides is 5. The Kier molecular flexibility index (Phi) is 6.24. The lowest BCUT2D eigenvalue weighted by molar-refractivity contribution is -0.139.